The predicted octanol–water partition coefficient (Wildman–Crippen LogP) is 3.80. The van der Waals surface area contributed by atoms with E-state index in [9.17, 15) is 9.59 Å². The van der Waals surface area contributed by atoms with Gasteiger partial charge in [0.1, 0.15) is 5.75 Å². The highest BCUT2D eigenvalue weighted by Crippen LogP contribution is 2.15. The van der Waals surface area contributed by atoms with Crippen LogP contribution in [0.15, 0.2) is 48.5 Å². The first-order valence-electron chi connectivity index (χ1n) is 8.96. The second kappa shape index (κ2) is 10.2. The lowest BCUT2D eigenvalue weighted by Gasteiger charge is -2.08. The monoisotopic (exact) mass is 354 g/mol. The van der Waals surface area contributed by atoms with Crippen LogP contribution in [0.2, 0.25) is 0 Å². The molecule has 2 aromatic carbocycles. The van der Waals surface area contributed by atoms with E-state index in [2.05, 4.69) is 17.6 Å². The van der Waals surface area contributed by atoms with Crippen LogP contribution < -0.4 is 15.4 Å². The average molecular weight is 354 g/mol. The van der Waals surface area contributed by atoms with Crippen LogP contribution in [0.1, 0.15) is 42.1 Å². The van der Waals surface area contributed by atoms with E-state index in [-0.39, 0.29) is 11.8 Å². The molecule has 0 aliphatic carbocycles. The Bertz CT molecular complexity index is 709. The van der Waals surface area contributed by atoms with Gasteiger partial charge < -0.3 is 15.4 Å². The van der Waals surface area contributed by atoms with E-state index in [1.54, 1.807) is 31.3 Å². The van der Waals surface area contributed by atoms with Crippen molar-refractivity contribution < 1.29 is 14.3 Å². The van der Waals surface area contributed by atoms with Gasteiger partial charge in [-0.25, -0.2) is 0 Å². The molecule has 138 valence electrons. The van der Waals surface area contributed by atoms with Crippen LogP contribution in [0.3, 0.4) is 0 Å². The van der Waals surface area contributed by atoms with Crippen LogP contribution in [0, 0.1) is 0 Å². The summed E-state index contributed by atoms with van der Waals surface area (Å²) in [5, 5.41) is 5.44. The van der Waals surface area contributed by atoms with Gasteiger partial charge in [0.15, 0.2) is 0 Å². The van der Waals surface area contributed by atoms with E-state index in [1.807, 2.05) is 24.3 Å². The Labute approximate surface area is 154 Å². The molecule has 0 heterocycles. The fourth-order valence-electron chi connectivity index (χ4n) is 2.43. The molecule has 5 heteroatoms. The van der Waals surface area contributed by atoms with E-state index in [4.69, 9.17) is 4.74 Å². The summed E-state index contributed by atoms with van der Waals surface area (Å²) < 4.78 is 5.65. The third kappa shape index (κ3) is 6.24. The lowest BCUT2D eigenvalue weighted by atomic mass is 10.1. The Morgan fingerprint density at radius 3 is 2.27 bits per heavy atom. The van der Waals surface area contributed by atoms with Crippen LogP contribution in [-0.2, 0) is 11.2 Å². The SMILES string of the molecule is CCCCCOc1ccc(C(=O)Nc2ccc(CC(=O)NC)cc2)cc1. The maximum atomic E-state index is 12.3. The number of unbranched alkanes of at least 4 members (excludes halogenated alkanes) is 2. The standard InChI is InChI=1S/C21H26N2O3/c1-3-4-5-14-26-19-12-8-17(9-13-19)21(25)23-18-10-6-16(7-11-18)15-20(24)22-2/h6-13H,3-5,14-15H2,1-2H3,(H,22,24)(H,23,25). The minimum absolute atomic E-state index is 0.0428. The Morgan fingerprint density at radius 2 is 1.65 bits per heavy atom. The lowest BCUT2D eigenvalue weighted by Crippen LogP contribution is -2.19. The smallest absolute Gasteiger partial charge is 0.255 e. The molecule has 0 aliphatic heterocycles. The Hall–Kier alpha value is -2.82. The molecule has 2 rings (SSSR count). The number of rotatable bonds is 9. The summed E-state index contributed by atoms with van der Waals surface area (Å²) in [5.74, 6) is 0.552. The second-order valence-electron chi connectivity index (χ2n) is 6.08. The van der Waals surface area contributed by atoms with Crippen LogP contribution in [0.5, 0.6) is 5.75 Å². The van der Waals surface area contributed by atoms with Crippen LogP contribution in [0.25, 0.3) is 0 Å². The van der Waals surface area contributed by atoms with Crippen molar-refractivity contribution in [3.8, 4) is 5.75 Å². The lowest BCUT2D eigenvalue weighted by molar-refractivity contribution is -0.119. The number of likely N-dealkylation sites (N-methyl/N-ethyl adjacent to an activating group) is 1. The van der Waals surface area contributed by atoms with E-state index in [0.717, 1.165) is 30.6 Å². The molecule has 0 fully saturated rings. The topological polar surface area (TPSA) is 67.4 Å². The number of anilines is 1. The molecule has 0 unspecified atom stereocenters. The van der Waals surface area contributed by atoms with Gasteiger partial charge in [-0.15, -0.1) is 0 Å². The molecule has 0 saturated carbocycles. The summed E-state index contributed by atoms with van der Waals surface area (Å²) in [5.41, 5.74) is 2.16. The second-order valence-corrected chi connectivity index (χ2v) is 6.08. The van der Waals surface area contributed by atoms with Crippen molar-refractivity contribution >= 4 is 17.5 Å². The minimum atomic E-state index is -0.179. The third-order valence-electron chi connectivity index (χ3n) is 3.99. The fraction of sp³-hybridized carbons (Fsp3) is 0.333. The minimum Gasteiger partial charge on any atom is -0.494 e. The number of benzene rings is 2. The molecule has 0 radical (unpaired) electrons. The van der Waals surface area contributed by atoms with Crippen molar-refractivity contribution in [3.05, 3.63) is 59.7 Å². The number of hydrogen-bond acceptors (Lipinski definition) is 3. The highest BCUT2D eigenvalue weighted by atomic mass is 16.5. The van der Waals surface area contributed by atoms with Crippen molar-refractivity contribution in [1.82, 2.24) is 5.32 Å². The third-order valence-corrected chi connectivity index (χ3v) is 3.99. The van der Waals surface area contributed by atoms with E-state index >= 15 is 0 Å². The number of amides is 2. The zero-order valence-electron chi connectivity index (χ0n) is 15.4. The Balaban J connectivity index is 1.87. The van der Waals surface area contributed by atoms with Gasteiger partial charge in [0.25, 0.3) is 5.91 Å². The molecule has 0 saturated heterocycles. The normalized spacial score (nSPS) is 10.2. The molecular formula is C21H26N2O3. The first kappa shape index (κ1) is 19.5. The van der Waals surface area contributed by atoms with Crippen LogP contribution >= 0.6 is 0 Å². The highest BCUT2D eigenvalue weighted by molar-refractivity contribution is 6.04. The van der Waals surface area contributed by atoms with Gasteiger partial charge in [-0.05, 0) is 48.4 Å². The molecule has 0 bridgehead atoms. The first-order chi connectivity index (χ1) is 12.6. The largest absolute Gasteiger partial charge is 0.494 e. The molecule has 26 heavy (non-hydrogen) atoms. The maximum absolute atomic E-state index is 12.3. The van der Waals surface area contributed by atoms with Gasteiger partial charge in [0, 0.05) is 18.3 Å². The molecule has 2 aromatic rings. The molecule has 0 aromatic heterocycles. The van der Waals surface area contributed by atoms with E-state index < -0.39 is 0 Å². The van der Waals surface area contributed by atoms with Crippen molar-refractivity contribution in [3.63, 3.8) is 0 Å². The summed E-state index contributed by atoms with van der Waals surface area (Å²) in [7, 11) is 1.61. The number of carbonyl (C=O) groups is 2. The first-order valence-corrected chi connectivity index (χ1v) is 8.96. The zero-order chi connectivity index (χ0) is 18.8. The molecular weight excluding hydrogens is 328 g/mol. The molecule has 0 atom stereocenters. The van der Waals surface area contributed by atoms with Crippen molar-refractivity contribution in [2.24, 2.45) is 0 Å². The van der Waals surface area contributed by atoms with Gasteiger partial charge in [-0.3, -0.25) is 9.59 Å². The summed E-state index contributed by atoms with van der Waals surface area (Å²) >= 11 is 0. The van der Waals surface area contributed by atoms with Gasteiger partial charge in [0.05, 0.1) is 13.0 Å². The van der Waals surface area contributed by atoms with Crippen molar-refractivity contribution in [2.45, 2.75) is 32.6 Å². The molecule has 5 nitrogen and oxygen atoms in total. The molecule has 0 aliphatic rings. The fourth-order valence-corrected chi connectivity index (χ4v) is 2.43. The van der Waals surface area contributed by atoms with Gasteiger partial charge in [-0.2, -0.15) is 0 Å². The quantitative estimate of drug-likeness (QED) is 0.673. The summed E-state index contributed by atoms with van der Waals surface area (Å²) in [6.45, 7) is 2.85. The van der Waals surface area contributed by atoms with Crippen molar-refractivity contribution in [1.29, 1.82) is 0 Å². The molecule has 2 amide bonds. The summed E-state index contributed by atoms with van der Waals surface area (Å²) in [6.07, 6.45) is 3.68. The number of hydrogen-bond donors (Lipinski definition) is 2. The average Bonchev–Trinajstić information content (AvgIpc) is 2.67. The maximum Gasteiger partial charge on any atom is 0.255 e. The Kier molecular flexibility index (Phi) is 7.68. The van der Waals surface area contributed by atoms with Gasteiger partial charge in [-0.1, -0.05) is 31.9 Å². The van der Waals surface area contributed by atoms with Gasteiger partial charge >= 0.3 is 0 Å². The van der Waals surface area contributed by atoms with Gasteiger partial charge in [0.2, 0.25) is 5.91 Å². The predicted molar refractivity (Wildman–Crippen MR) is 104 cm³/mol. The highest BCUT2D eigenvalue weighted by Gasteiger charge is 2.07. The van der Waals surface area contributed by atoms with E-state index in [1.165, 1.54) is 0 Å². The summed E-state index contributed by atoms with van der Waals surface area (Å²) in [4.78, 5) is 23.7. The molecule has 2 N–H and O–H groups in total. The summed E-state index contributed by atoms with van der Waals surface area (Å²) in [6, 6.07) is 14.4. The van der Waals surface area contributed by atoms with Crippen LogP contribution in [-0.4, -0.2) is 25.5 Å². The zero-order valence-corrected chi connectivity index (χ0v) is 15.4. The van der Waals surface area contributed by atoms with E-state index in [0.29, 0.717) is 24.3 Å². The number of carbonyl (C=O) groups excluding carboxylic acids is 2. The molecule has 0 spiro atoms. The Morgan fingerprint density at radius 1 is 0.962 bits per heavy atom. The number of ether oxygens (including phenoxy) is 1. The van der Waals surface area contributed by atoms with Crippen molar-refractivity contribution in [2.75, 3.05) is 19.0 Å². The van der Waals surface area contributed by atoms with Crippen LogP contribution in [0.4, 0.5) is 5.69 Å². The number of nitrogens with one attached hydrogen (secondary N) is 2.